The lowest BCUT2D eigenvalue weighted by atomic mass is 9.44. The van der Waals surface area contributed by atoms with Crippen molar-refractivity contribution in [3.8, 4) is 0 Å². The van der Waals surface area contributed by atoms with Gasteiger partial charge in [0.25, 0.3) is 0 Å². The van der Waals surface area contributed by atoms with Crippen molar-refractivity contribution in [3.63, 3.8) is 0 Å². The molecule has 0 spiro atoms. The molecule has 5 rings (SSSR count). The van der Waals surface area contributed by atoms with Gasteiger partial charge < -0.3 is 15.3 Å². The van der Waals surface area contributed by atoms with Crippen LogP contribution in [0.4, 0.5) is 4.79 Å². The van der Waals surface area contributed by atoms with Gasteiger partial charge in [0.15, 0.2) is 0 Å². The van der Waals surface area contributed by atoms with Gasteiger partial charge in [-0.25, -0.2) is 4.79 Å². The van der Waals surface area contributed by atoms with E-state index in [1.807, 2.05) is 7.05 Å². The molecule has 4 aliphatic carbocycles. The number of nitrogens with zero attached hydrogens (tertiary/aromatic N) is 2. The topological polar surface area (TPSA) is 74.2 Å². The Kier molecular flexibility index (Phi) is 7.02. The van der Waals surface area contributed by atoms with Gasteiger partial charge in [0.05, 0.1) is 11.8 Å². The predicted molar refractivity (Wildman–Crippen MR) is 144 cm³/mol. The highest BCUT2D eigenvalue weighted by molar-refractivity contribution is 5.85. The molecule has 36 heavy (non-hydrogen) atoms. The molecule has 1 amide bonds. The quantitative estimate of drug-likeness (QED) is 0.288. The smallest absolute Gasteiger partial charge is 0.393 e. The minimum Gasteiger partial charge on any atom is -0.393 e. The summed E-state index contributed by atoms with van der Waals surface area (Å²) in [5.74, 6) is 3.45. The third-order valence-corrected chi connectivity index (χ3v) is 11.9. The van der Waals surface area contributed by atoms with Crippen LogP contribution in [0.1, 0.15) is 98.8 Å². The lowest BCUT2D eigenvalue weighted by molar-refractivity contribution is -0.123. The zero-order chi connectivity index (χ0) is 25.9. The number of hydrogen-bond acceptors (Lipinski definition) is 5. The van der Waals surface area contributed by atoms with E-state index in [1.54, 1.807) is 4.90 Å². The van der Waals surface area contributed by atoms with Crippen molar-refractivity contribution in [3.05, 3.63) is 0 Å². The molecule has 0 aromatic rings. The average molecular weight is 502 g/mol. The summed E-state index contributed by atoms with van der Waals surface area (Å²) in [6.45, 7) is 13.3. The third-order valence-electron chi connectivity index (χ3n) is 11.9. The Morgan fingerprint density at radius 2 is 1.75 bits per heavy atom. The molecule has 0 bridgehead atoms. The summed E-state index contributed by atoms with van der Waals surface area (Å²) in [6, 6.07) is 0.316. The molecule has 0 aromatic carbocycles. The number of oxime groups is 1. The fraction of sp³-hybridized carbons (Fsp3) is 0.933. The molecule has 4 saturated carbocycles. The normalized spacial score (nSPS) is 46.0. The zero-order valence-corrected chi connectivity index (χ0v) is 23.7. The van der Waals surface area contributed by atoms with Crippen LogP contribution in [0, 0.1) is 45.8 Å². The van der Waals surface area contributed by atoms with Gasteiger partial charge in [-0.3, -0.25) is 4.84 Å². The van der Waals surface area contributed by atoms with Crippen molar-refractivity contribution in [1.82, 2.24) is 10.2 Å². The maximum absolute atomic E-state index is 12.7. The predicted octanol–water partition coefficient (Wildman–Crippen LogP) is 5.84. The first-order chi connectivity index (χ1) is 16.9. The van der Waals surface area contributed by atoms with E-state index in [4.69, 9.17) is 4.84 Å². The van der Waals surface area contributed by atoms with E-state index in [9.17, 15) is 9.90 Å². The number of carbonyl (C=O) groups is 1. The maximum Gasteiger partial charge on any atom is 0.435 e. The van der Waals surface area contributed by atoms with Gasteiger partial charge in [-0.05, 0) is 111 Å². The Labute approximate surface area is 219 Å². The molecule has 204 valence electrons. The number of rotatable bonds is 4. The number of aliphatic hydroxyl groups excluding tert-OH is 1. The van der Waals surface area contributed by atoms with Crippen molar-refractivity contribution in [2.75, 3.05) is 20.1 Å². The minimum absolute atomic E-state index is 0.0776. The zero-order valence-electron chi connectivity index (χ0n) is 23.7. The molecule has 6 nitrogen and oxygen atoms in total. The lowest BCUT2D eigenvalue weighted by Gasteiger charge is -2.61. The summed E-state index contributed by atoms with van der Waals surface area (Å²) >= 11 is 0. The van der Waals surface area contributed by atoms with Crippen LogP contribution in [0.2, 0.25) is 0 Å². The highest BCUT2D eigenvalue weighted by Crippen LogP contribution is 2.67. The third kappa shape index (κ3) is 4.63. The molecule has 1 aliphatic heterocycles. The average Bonchev–Trinajstić information content (AvgIpc) is 3.35. The van der Waals surface area contributed by atoms with E-state index in [0.29, 0.717) is 29.8 Å². The fourth-order valence-electron chi connectivity index (χ4n) is 9.93. The Morgan fingerprint density at radius 1 is 1.03 bits per heavy atom. The van der Waals surface area contributed by atoms with Crippen molar-refractivity contribution < 1.29 is 14.7 Å². The van der Waals surface area contributed by atoms with Crippen molar-refractivity contribution in [2.45, 2.75) is 111 Å². The van der Waals surface area contributed by atoms with Crippen LogP contribution in [0.25, 0.3) is 0 Å². The number of fused-ring (bicyclic) bond motifs is 5. The first-order valence-corrected chi connectivity index (χ1v) is 14.8. The summed E-state index contributed by atoms with van der Waals surface area (Å²) in [4.78, 5) is 19.9. The molecule has 2 N–H and O–H groups in total. The van der Waals surface area contributed by atoms with Crippen molar-refractivity contribution in [2.24, 2.45) is 51.0 Å². The summed E-state index contributed by atoms with van der Waals surface area (Å²) in [5.41, 5.74) is 1.95. The number of hydrogen-bond donors (Lipinski definition) is 2. The number of carbonyl (C=O) groups excluding carboxylic acids is 1. The Morgan fingerprint density at radius 3 is 2.47 bits per heavy atom. The Bertz CT molecular complexity index is 874. The van der Waals surface area contributed by atoms with Crippen LogP contribution < -0.4 is 5.32 Å². The van der Waals surface area contributed by atoms with Gasteiger partial charge in [0.1, 0.15) is 0 Å². The summed E-state index contributed by atoms with van der Waals surface area (Å²) < 4.78 is 0. The van der Waals surface area contributed by atoms with Gasteiger partial charge >= 0.3 is 6.09 Å². The first kappa shape index (κ1) is 26.5. The molecule has 5 fully saturated rings. The Balaban J connectivity index is 1.21. The second-order valence-electron chi connectivity index (χ2n) is 14.7. The summed E-state index contributed by atoms with van der Waals surface area (Å²) in [7, 11) is 1.82. The van der Waals surface area contributed by atoms with Gasteiger partial charge in [0.2, 0.25) is 0 Å². The molecule has 0 aromatic heterocycles. The van der Waals surface area contributed by atoms with Crippen LogP contribution in [0.15, 0.2) is 5.16 Å². The number of amides is 1. The van der Waals surface area contributed by atoms with Crippen molar-refractivity contribution in [1.29, 1.82) is 0 Å². The summed E-state index contributed by atoms with van der Waals surface area (Å²) in [5, 5.41) is 18.3. The molecule has 1 saturated heterocycles. The van der Waals surface area contributed by atoms with Crippen LogP contribution >= 0.6 is 0 Å². The fourth-order valence-corrected chi connectivity index (χ4v) is 9.93. The van der Waals surface area contributed by atoms with E-state index in [1.165, 1.54) is 38.5 Å². The van der Waals surface area contributed by atoms with E-state index in [2.05, 4.69) is 45.1 Å². The number of aliphatic hydroxyl groups is 1. The van der Waals surface area contributed by atoms with Gasteiger partial charge in [-0.15, -0.1) is 0 Å². The molecule has 9 atom stereocenters. The second kappa shape index (κ2) is 9.55. The van der Waals surface area contributed by atoms with Crippen LogP contribution in [0.3, 0.4) is 0 Å². The Hall–Kier alpha value is -1.14. The molecule has 0 radical (unpaired) electrons. The SMILES string of the molecule is C/C(=N\OC(=O)N(C)CC1CC(C)(C)CN1)[C@H]1CC[C@H]2[C@@H]3CC[C@H]4C[C@@H](O)CC[C@]4(C)[C@H]3CC[C@]12C. The molecular weight excluding hydrogens is 450 g/mol. The van der Waals surface area contributed by atoms with Gasteiger partial charge in [0, 0.05) is 32.1 Å². The molecule has 1 heterocycles. The van der Waals surface area contributed by atoms with Crippen LogP contribution in [-0.2, 0) is 4.84 Å². The van der Waals surface area contributed by atoms with Crippen molar-refractivity contribution >= 4 is 11.8 Å². The standard InChI is InChI=1S/C30H51N3O3/c1-19(32-36-27(35)33(6)17-21-16-28(2,3)18-31-21)24-9-10-25-23-8-7-20-15-22(34)11-13-29(20,4)26(23)12-14-30(24,25)5/h20-26,31,34H,7-18H2,1-6H3/b32-19+/t20-,21?,22-,23-,24+,25-,26-,29-,30+/m0/s1. The van der Waals surface area contributed by atoms with Crippen LogP contribution in [0.5, 0.6) is 0 Å². The largest absolute Gasteiger partial charge is 0.435 e. The van der Waals surface area contributed by atoms with Gasteiger partial charge in [-0.1, -0.05) is 32.9 Å². The highest BCUT2D eigenvalue weighted by atomic mass is 16.7. The van der Waals surface area contributed by atoms with Crippen LogP contribution in [-0.4, -0.2) is 54.1 Å². The number of nitrogens with one attached hydrogen (secondary N) is 1. The molecule has 6 heteroatoms. The minimum atomic E-state index is -0.352. The maximum atomic E-state index is 12.7. The first-order valence-electron chi connectivity index (χ1n) is 14.8. The van der Waals surface area contributed by atoms with E-state index in [0.717, 1.165) is 55.7 Å². The van der Waals surface area contributed by atoms with E-state index < -0.39 is 0 Å². The molecular formula is C30H51N3O3. The van der Waals surface area contributed by atoms with E-state index in [-0.39, 0.29) is 23.0 Å². The van der Waals surface area contributed by atoms with E-state index >= 15 is 0 Å². The number of likely N-dealkylation sites (N-methyl/N-ethyl adjacent to an activating group) is 1. The van der Waals surface area contributed by atoms with Gasteiger partial charge in [-0.2, -0.15) is 0 Å². The molecule has 1 unspecified atom stereocenters. The monoisotopic (exact) mass is 501 g/mol. The highest BCUT2D eigenvalue weighted by Gasteiger charge is 2.60. The lowest BCUT2D eigenvalue weighted by Crippen LogP contribution is -2.54. The summed E-state index contributed by atoms with van der Waals surface area (Å²) in [6.07, 6.45) is 11.4. The second-order valence-corrected chi connectivity index (χ2v) is 14.7. The molecule has 5 aliphatic rings.